The Balaban J connectivity index is 2.72. The molecule has 1 unspecified atom stereocenters. The van der Waals surface area contributed by atoms with Gasteiger partial charge in [0, 0.05) is 23.2 Å². The van der Waals surface area contributed by atoms with Crippen molar-refractivity contribution in [3.05, 3.63) is 28.8 Å². The van der Waals surface area contributed by atoms with E-state index in [1.807, 2.05) is 13.8 Å². The van der Waals surface area contributed by atoms with E-state index >= 15 is 0 Å². The third-order valence-corrected chi connectivity index (χ3v) is 3.42. The Hall–Kier alpha value is -1.26. The van der Waals surface area contributed by atoms with Crippen LogP contribution in [0.4, 0.5) is 0 Å². The number of nitrogens with one attached hydrogen (secondary N) is 1. The molecule has 0 bridgehead atoms. The third kappa shape index (κ3) is 5.02. The topological polar surface area (TPSA) is 58.6 Å². The lowest BCUT2D eigenvalue weighted by molar-refractivity contribution is -0.121. The molecule has 1 amide bonds. The second kappa shape index (κ2) is 8.12. The van der Waals surface area contributed by atoms with E-state index in [-0.39, 0.29) is 30.9 Å². The van der Waals surface area contributed by atoms with E-state index in [0.29, 0.717) is 17.2 Å². The van der Waals surface area contributed by atoms with Gasteiger partial charge in [-0.05, 0) is 30.5 Å². The molecule has 0 radical (unpaired) electrons. The van der Waals surface area contributed by atoms with Crippen LogP contribution in [0.15, 0.2) is 18.2 Å². The van der Waals surface area contributed by atoms with Crippen molar-refractivity contribution in [1.82, 2.24) is 5.32 Å². The van der Waals surface area contributed by atoms with E-state index < -0.39 is 0 Å². The molecule has 1 aromatic carbocycles. The molecule has 0 aromatic heterocycles. The molecule has 4 nitrogen and oxygen atoms in total. The maximum absolute atomic E-state index is 12.1. The number of halogens is 1. The first-order valence-corrected chi connectivity index (χ1v) is 7.08. The molecular formula is C15H22ClNO3. The van der Waals surface area contributed by atoms with Gasteiger partial charge >= 0.3 is 0 Å². The van der Waals surface area contributed by atoms with Gasteiger partial charge in [0.1, 0.15) is 5.75 Å². The molecule has 0 aliphatic carbocycles. The number of amides is 1. The predicted molar refractivity (Wildman–Crippen MR) is 80.2 cm³/mol. The van der Waals surface area contributed by atoms with Crippen LogP contribution in [0.5, 0.6) is 5.75 Å². The summed E-state index contributed by atoms with van der Waals surface area (Å²) in [5.74, 6) is 0.817. The summed E-state index contributed by atoms with van der Waals surface area (Å²) < 4.78 is 5.22. The number of hydrogen-bond acceptors (Lipinski definition) is 3. The molecule has 2 N–H and O–H groups in total. The quantitative estimate of drug-likeness (QED) is 0.813. The largest absolute Gasteiger partial charge is 0.496 e. The van der Waals surface area contributed by atoms with Gasteiger partial charge in [0.15, 0.2) is 0 Å². The molecule has 0 aliphatic heterocycles. The lowest BCUT2D eigenvalue weighted by Crippen LogP contribution is -2.40. The van der Waals surface area contributed by atoms with Crippen LogP contribution in [0.2, 0.25) is 5.02 Å². The summed E-state index contributed by atoms with van der Waals surface area (Å²) in [5.41, 5.74) is 0.754. The Labute approximate surface area is 125 Å². The molecule has 0 fully saturated rings. The van der Waals surface area contributed by atoms with E-state index in [9.17, 15) is 4.79 Å². The number of hydrogen-bond donors (Lipinski definition) is 2. The van der Waals surface area contributed by atoms with Crippen molar-refractivity contribution in [2.75, 3.05) is 13.7 Å². The monoisotopic (exact) mass is 299 g/mol. The van der Waals surface area contributed by atoms with Gasteiger partial charge in [-0.2, -0.15) is 0 Å². The number of aliphatic hydroxyl groups excluding tert-OH is 1. The summed E-state index contributed by atoms with van der Waals surface area (Å²) in [7, 11) is 1.56. The number of rotatable bonds is 7. The van der Waals surface area contributed by atoms with Crippen LogP contribution in [0.25, 0.3) is 0 Å². The molecule has 0 saturated heterocycles. The highest BCUT2D eigenvalue weighted by atomic mass is 35.5. The van der Waals surface area contributed by atoms with Crippen LogP contribution in [0, 0.1) is 5.92 Å². The number of aliphatic hydroxyl groups is 1. The van der Waals surface area contributed by atoms with Crippen molar-refractivity contribution in [3.8, 4) is 5.75 Å². The molecule has 20 heavy (non-hydrogen) atoms. The van der Waals surface area contributed by atoms with Crippen LogP contribution in [0.3, 0.4) is 0 Å². The second-order valence-electron chi connectivity index (χ2n) is 5.06. The molecule has 0 heterocycles. The molecule has 112 valence electrons. The maximum atomic E-state index is 12.1. The molecule has 0 spiro atoms. The second-order valence-corrected chi connectivity index (χ2v) is 5.50. The fraction of sp³-hybridized carbons (Fsp3) is 0.533. The molecule has 5 heteroatoms. The Bertz CT molecular complexity index is 449. The van der Waals surface area contributed by atoms with Gasteiger partial charge in [-0.1, -0.05) is 25.4 Å². The number of carbonyl (C=O) groups excluding carboxylic acids is 1. The first-order valence-electron chi connectivity index (χ1n) is 6.70. The van der Waals surface area contributed by atoms with Crippen LogP contribution in [-0.2, 0) is 11.2 Å². The molecule has 1 atom stereocenters. The van der Waals surface area contributed by atoms with Crippen molar-refractivity contribution in [1.29, 1.82) is 0 Å². The third-order valence-electron chi connectivity index (χ3n) is 3.18. The van der Waals surface area contributed by atoms with Gasteiger partial charge in [0.25, 0.3) is 0 Å². The number of ether oxygens (including phenoxy) is 1. The summed E-state index contributed by atoms with van der Waals surface area (Å²) in [6.45, 7) is 4.09. The average molecular weight is 300 g/mol. The molecule has 0 aliphatic rings. The molecular weight excluding hydrogens is 278 g/mol. The minimum Gasteiger partial charge on any atom is -0.496 e. The normalized spacial score (nSPS) is 12.3. The predicted octanol–water partition coefficient (Wildman–Crippen LogP) is 2.41. The zero-order chi connectivity index (χ0) is 15.1. The highest BCUT2D eigenvalue weighted by molar-refractivity contribution is 6.30. The fourth-order valence-electron chi connectivity index (χ4n) is 2.03. The van der Waals surface area contributed by atoms with Gasteiger partial charge in [0.2, 0.25) is 5.91 Å². The van der Waals surface area contributed by atoms with Crippen LogP contribution >= 0.6 is 11.6 Å². The SMILES string of the molecule is COc1ccc(Cl)cc1CC(=O)NC(CCO)C(C)C. The standard InChI is InChI=1S/C15H22ClNO3/c1-10(2)13(6-7-18)17-15(19)9-11-8-12(16)4-5-14(11)20-3/h4-5,8,10,13,18H,6-7,9H2,1-3H3,(H,17,19). The zero-order valence-electron chi connectivity index (χ0n) is 12.1. The van der Waals surface area contributed by atoms with E-state index in [4.69, 9.17) is 21.4 Å². The summed E-state index contributed by atoms with van der Waals surface area (Å²) >= 11 is 5.94. The van der Waals surface area contributed by atoms with E-state index in [0.717, 1.165) is 5.56 Å². The summed E-state index contributed by atoms with van der Waals surface area (Å²) in [6, 6.07) is 5.18. The van der Waals surface area contributed by atoms with Gasteiger partial charge < -0.3 is 15.2 Å². The fourth-order valence-corrected chi connectivity index (χ4v) is 2.22. The van der Waals surface area contributed by atoms with Crippen molar-refractivity contribution >= 4 is 17.5 Å². The maximum Gasteiger partial charge on any atom is 0.224 e. The summed E-state index contributed by atoms with van der Waals surface area (Å²) in [4.78, 5) is 12.1. The lowest BCUT2D eigenvalue weighted by atomic mass is 10.0. The van der Waals surface area contributed by atoms with Crippen molar-refractivity contribution in [2.24, 2.45) is 5.92 Å². The van der Waals surface area contributed by atoms with E-state index in [2.05, 4.69) is 5.32 Å². The average Bonchev–Trinajstić information content (AvgIpc) is 2.38. The van der Waals surface area contributed by atoms with Gasteiger partial charge in [0.05, 0.1) is 13.5 Å². The van der Waals surface area contributed by atoms with E-state index in [1.165, 1.54) is 0 Å². The van der Waals surface area contributed by atoms with Gasteiger partial charge in [-0.3, -0.25) is 4.79 Å². The number of carbonyl (C=O) groups is 1. The Morgan fingerprint density at radius 1 is 1.45 bits per heavy atom. The smallest absolute Gasteiger partial charge is 0.224 e. The molecule has 1 aromatic rings. The summed E-state index contributed by atoms with van der Waals surface area (Å²) in [5, 5.41) is 12.5. The minimum absolute atomic E-state index is 0.0299. The van der Waals surface area contributed by atoms with Crippen molar-refractivity contribution < 1.29 is 14.6 Å². The summed E-state index contributed by atoms with van der Waals surface area (Å²) in [6.07, 6.45) is 0.758. The first kappa shape index (κ1) is 16.8. The van der Waals surface area contributed by atoms with Gasteiger partial charge in [-0.15, -0.1) is 0 Å². The number of methoxy groups -OCH3 is 1. The Morgan fingerprint density at radius 2 is 2.15 bits per heavy atom. The highest BCUT2D eigenvalue weighted by Gasteiger charge is 2.17. The molecule has 0 saturated carbocycles. The van der Waals surface area contributed by atoms with Crippen LogP contribution < -0.4 is 10.1 Å². The van der Waals surface area contributed by atoms with Gasteiger partial charge in [-0.25, -0.2) is 0 Å². The van der Waals surface area contributed by atoms with Crippen LogP contribution in [0.1, 0.15) is 25.8 Å². The number of benzene rings is 1. The first-order chi connectivity index (χ1) is 9.47. The van der Waals surface area contributed by atoms with Crippen LogP contribution in [-0.4, -0.2) is 30.8 Å². The van der Waals surface area contributed by atoms with Crippen molar-refractivity contribution in [2.45, 2.75) is 32.7 Å². The lowest BCUT2D eigenvalue weighted by Gasteiger charge is -2.21. The zero-order valence-corrected chi connectivity index (χ0v) is 12.9. The Morgan fingerprint density at radius 3 is 2.70 bits per heavy atom. The molecule has 1 rings (SSSR count). The Kier molecular flexibility index (Phi) is 6.82. The minimum atomic E-state index is -0.0993. The van der Waals surface area contributed by atoms with Crippen molar-refractivity contribution in [3.63, 3.8) is 0 Å². The van der Waals surface area contributed by atoms with E-state index in [1.54, 1.807) is 25.3 Å². The highest BCUT2D eigenvalue weighted by Crippen LogP contribution is 2.23.